The van der Waals surface area contributed by atoms with E-state index in [1.807, 2.05) is 45.0 Å². The predicted molar refractivity (Wildman–Crippen MR) is 121 cm³/mol. The van der Waals surface area contributed by atoms with E-state index in [-0.39, 0.29) is 12.1 Å². The minimum Gasteiger partial charge on any atom is -0.444 e. The van der Waals surface area contributed by atoms with Gasteiger partial charge >= 0.3 is 6.09 Å². The van der Waals surface area contributed by atoms with Crippen LogP contribution in [-0.2, 0) is 10.3 Å². The predicted octanol–water partition coefficient (Wildman–Crippen LogP) is 3.44. The summed E-state index contributed by atoms with van der Waals surface area (Å²) in [5.74, 6) is 0.724. The SMILES string of the molecule is CC(C)(C)OC(=O)N1CCC(Nc2cccc(-c3cnc4cc(C(C)(C)O)cnn34)n2)C1. The molecular weight excluding hydrogens is 408 g/mol. The zero-order valence-corrected chi connectivity index (χ0v) is 19.2. The van der Waals surface area contributed by atoms with Crippen molar-refractivity contribution in [2.45, 2.75) is 58.3 Å². The molecule has 0 aliphatic carbocycles. The number of amides is 1. The molecule has 0 spiro atoms. The Hall–Kier alpha value is -3.20. The van der Waals surface area contributed by atoms with Gasteiger partial charge in [0, 0.05) is 24.7 Å². The number of pyridine rings is 1. The second kappa shape index (κ2) is 8.05. The lowest BCUT2D eigenvalue weighted by Crippen LogP contribution is -2.36. The number of nitrogens with one attached hydrogen (secondary N) is 1. The van der Waals surface area contributed by atoms with Crippen LogP contribution in [0.5, 0.6) is 0 Å². The fraction of sp³-hybridized carbons (Fsp3) is 0.478. The van der Waals surface area contributed by atoms with Gasteiger partial charge in [-0.05, 0) is 59.2 Å². The van der Waals surface area contributed by atoms with Crippen LogP contribution < -0.4 is 5.32 Å². The van der Waals surface area contributed by atoms with E-state index in [0.29, 0.717) is 24.3 Å². The van der Waals surface area contributed by atoms with Gasteiger partial charge in [0.15, 0.2) is 5.65 Å². The Kier molecular flexibility index (Phi) is 5.54. The van der Waals surface area contributed by atoms with Crippen LogP contribution in [-0.4, -0.2) is 60.4 Å². The first-order valence-corrected chi connectivity index (χ1v) is 10.8. The van der Waals surface area contributed by atoms with E-state index in [9.17, 15) is 9.90 Å². The average molecular weight is 439 g/mol. The number of anilines is 1. The second-order valence-corrected chi connectivity index (χ2v) is 9.68. The summed E-state index contributed by atoms with van der Waals surface area (Å²) < 4.78 is 7.18. The van der Waals surface area contributed by atoms with Gasteiger partial charge in [0.1, 0.15) is 17.1 Å². The van der Waals surface area contributed by atoms with Crippen LogP contribution in [0.4, 0.5) is 10.6 Å². The molecule has 1 fully saturated rings. The smallest absolute Gasteiger partial charge is 0.410 e. The van der Waals surface area contributed by atoms with Crippen LogP contribution in [0.2, 0.25) is 0 Å². The van der Waals surface area contributed by atoms with Gasteiger partial charge in [-0.15, -0.1) is 0 Å². The first-order chi connectivity index (χ1) is 15.0. The molecule has 1 amide bonds. The number of hydrogen-bond donors (Lipinski definition) is 2. The summed E-state index contributed by atoms with van der Waals surface area (Å²) in [5.41, 5.74) is 1.33. The summed E-state index contributed by atoms with van der Waals surface area (Å²) >= 11 is 0. The Morgan fingerprint density at radius 1 is 1.22 bits per heavy atom. The monoisotopic (exact) mass is 438 g/mol. The third-order valence-corrected chi connectivity index (χ3v) is 5.27. The molecule has 0 bridgehead atoms. The zero-order chi connectivity index (χ0) is 23.1. The number of likely N-dealkylation sites (tertiary alicyclic amines) is 1. The van der Waals surface area contributed by atoms with E-state index in [2.05, 4.69) is 15.4 Å². The summed E-state index contributed by atoms with van der Waals surface area (Å²) in [6.45, 7) is 10.2. The maximum absolute atomic E-state index is 12.3. The summed E-state index contributed by atoms with van der Waals surface area (Å²) in [5, 5.41) is 18.1. The molecule has 3 aromatic heterocycles. The summed E-state index contributed by atoms with van der Waals surface area (Å²) in [7, 11) is 0. The largest absolute Gasteiger partial charge is 0.444 e. The molecule has 4 heterocycles. The number of nitrogens with zero attached hydrogens (tertiary/aromatic N) is 5. The molecule has 3 aromatic rings. The summed E-state index contributed by atoms with van der Waals surface area (Å²) in [6, 6.07) is 7.66. The van der Waals surface area contributed by atoms with E-state index in [1.165, 1.54) is 0 Å². The van der Waals surface area contributed by atoms with Crippen molar-refractivity contribution in [2.24, 2.45) is 0 Å². The molecule has 2 N–H and O–H groups in total. The molecule has 170 valence electrons. The van der Waals surface area contributed by atoms with Gasteiger partial charge in [0.25, 0.3) is 0 Å². The number of aromatic nitrogens is 4. The Morgan fingerprint density at radius 3 is 2.72 bits per heavy atom. The third kappa shape index (κ3) is 4.83. The number of rotatable bonds is 4. The quantitative estimate of drug-likeness (QED) is 0.643. The van der Waals surface area contributed by atoms with Crippen molar-refractivity contribution in [1.29, 1.82) is 0 Å². The van der Waals surface area contributed by atoms with E-state index in [0.717, 1.165) is 23.6 Å². The van der Waals surface area contributed by atoms with Crippen molar-refractivity contribution in [3.05, 3.63) is 42.2 Å². The first kappa shape index (κ1) is 22.0. The van der Waals surface area contributed by atoms with Crippen LogP contribution in [0, 0.1) is 0 Å². The molecule has 1 aliphatic rings. The van der Waals surface area contributed by atoms with Gasteiger partial charge in [-0.3, -0.25) is 0 Å². The minimum atomic E-state index is -0.989. The fourth-order valence-corrected chi connectivity index (χ4v) is 3.62. The average Bonchev–Trinajstić information content (AvgIpc) is 3.32. The van der Waals surface area contributed by atoms with Crippen LogP contribution in [0.15, 0.2) is 36.7 Å². The van der Waals surface area contributed by atoms with Crippen molar-refractivity contribution >= 4 is 17.6 Å². The van der Waals surface area contributed by atoms with Crippen molar-refractivity contribution < 1.29 is 14.6 Å². The number of hydrogen-bond acceptors (Lipinski definition) is 7. The maximum Gasteiger partial charge on any atom is 0.410 e. The standard InChI is InChI=1S/C23H30N6O3/c1-22(2,3)32-21(30)28-10-9-16(14-28)26-19-8-6-7-17(27-19)18-13-24-20-11-15(23(4,5)31)12-25-29(18)20/h6-8,11-13,16,31H,9-10,14H2,1-5H3,(H,26,27). The molecule has 9 heteroatoms. The van der Waals surface area contributed by atoms with Crippen LogP contribution in [0.1, 0.15) is 46.6 Å². The summed E-state index contributed by atoms with van der Waals surface area (Å²) in [6.07, 6.45) is 3.90. The molecular formula is C23H30N6O3. The van der Waals surface area contributed by atoms with Gasteiger partial charge in [-0.25, -0.2) is 19.3 Å². The van der Waals surface area contributed by atoms with Crippen molar-refractivity contribution in [2.75, 3.05) is 18.4 Å². The second-order valence-electron chi connectivity index (χ2n) is 9.68. The topological polar surface area (TPSA) is 105 Å². The lowest BCUT2D eigenvalue weighted by Gasteiger charge is -2.24. The van der Waals surface area contributed by atoms with Gasteiger partial charge in [0.05, 0.1) is 23.7 Å². The van der Waals surface area contributed by atoms with Gasteiger partial charge < -0.3 is 20.1 Å². The Balaban J connectivity index is 1.48. The van der Waals surface area contributed by atoms with E-state index in [4.69, 9.17) is 9.72 Å². The van der Waals surface area contributed by atoms with E-state index < -0.39 is 11.2 Å². The number of carbonyl (C=O) groups is 1. The highest BCUT2D eigenvalue weighted by atomic mass is 16.6. The van der Waals surface area contributed by atoms with E-state index >= 15 is 0 Å². The van der Waals surface area contributed by atoms with Crippen LogP contribution in [0.3, 0.4) is 0 Å². The number of ether oxygens (including phenoxy) is 1. The highest BCUT2D eigenvalue weighted by Gasteiger charge is 2.30. The molecule has 4 rings (SSSR count). The summed E-state index contributed by atoms with van der Waals surface area (Å²) in [4.78, 5) is 23.2. The molecule has 1 unspecified atom stereocenters. The van der Waals surface area contributed by atoms with Gasteiger partial charge in [0.2, 0.25) is 0 Å². The molecule has 9 nitrogen and oxygen atoms in total. The lowest BCUT2D eigenvalue weighted by molar-refractivity contribution is 0.0293. The number of carbonyl (C=O) groups excluding carboxylic acids is 1. The van der Waals surface area contributed by atoms with Crippen LogP contribution >= 0.6 is 0 Å². The normalized spacial score (nSPS) is 17.1. The highest BCUT2D eigenvalue weighted by molar-refractivity contribution is 5.69. The van der Waals surface area contributed by atoms with Crippen molar-refractivity contribution in [3.8, 4) is 11.4 Å². The highest BCUT2D eigenvalue weighted by Crippen LogP contribution is 2.24. The molecule has 0 aromatic carbocycles. The zero-order valence-electron chi connectivity index (χ0n) is 19.2. The van der Waals surface area contributed by atoms with Crippen LogP contribution in [0.25, 0.3) is 17.0 Å². The molecule has 1 aliphatic heterocycles. The van der Waals surface area contributed by atoms with Gasteiger partial charge in [-0.1, -0.05) is 6.07 Å². The number of fused-ring (bicyclic) bond motifs is 1. The molecule has 32 heavy (non-hydrogen) atoms. The van der Waals surface area contributed by atoms with Crippen molar-refractivity contribution in [1.82, 2.24) is 24.5 Å². The van der Waals surface area contributed by atoms with Crippen molar-refractivity contribution in [3.63, 3.8) is 0 Å². The number of aliphatic hydroxyl groups is 1. The Bertz CT molecular complexity index is 1130. The lowest BCUT2D eigenvalue weighted by atomic mass is 10.0. The van der Waals surface area contributed by atoms with E-state index in [1.54, 1.807) is 35.7 Å². The number of imidazole rings is 1. The third-order valence-electron chi connectivity index (χ3n) is 5.27. The molecule has 0 radical (unpaired) electrons. The maximum atomic E-state index is 12.3. The first-order valence-electron chi connectivity index (χ1n) is 10.8. The molecule has 0 saturated carbocycles. The molecule has 1 atom stereocenters. The van der Waals surface area contributed by atoms with Gasteiger partial charge in [-0.2, -0.15) is 5.10 Å². The Labute approximate surface area is 187 Å². The minimum absolute atomic E-state index is 0.0971. The Morgan fingerprint density at radius 2 is 2.00 bits per heavy atom. The molecule has 1 saturated heterocycles. The fourth-order valence-electron chi connectivity index (χ4n) is 3.62.